The number of nitrogens with two attached hydrogens (primary N) is 1. The molecule has 42 heavy (non-hydrogen) atoms. The van der Waals surface area contributed by atoms with E-state index in [1.54, 1.807) is 24.3 Å². The quantitative estimate of drug-likeness (QED) is 0.145. The van der Waals surface area contributed by atoms with Crippen molar-refractivity contribution in [1.29, 1.82) is 0 Å². The summed E-state index contributed by atoms with van der Waals surface area (Å²) >= 11 is 6.03. The molecule has 0 bridgehead atoms. The molecule has 0 saturated carbocycles. The molecule has 0 radical (unpaired) electrons. The molecular weight excluding hydrogens is 553 g/mol. The van der Waals surface area contributed by atoms with Crippen LogP contribution >= 0.6 is 11.6 Å². The second-order valence-corrected chi connectivity index (χ2v) is 9.57. The predicted octanol–water partition coefficient (Wildman–Crippen LogP) is 7.60. The van der Waals surface area contributed by atoms with Crippen molar-refractivity contribution < 1.29 is 4.39 Å². The van der Waals surface area contributed by atoms with Gasteiger partial charge in [0, 0.05) is 33.2 Å². The third-order valence-electron chi connectivity index (χ3n) is 6.07. The van der Waals surface area contributed by atoms with E-state index in [9.17, 15) is 4.39 Å². The van der Waals surface area contributed by atoms with Gasteiger partial charge in [0.2, 0.25) is 23.8 Å². The highest BCUT2D eigenvalue weighted by Crippen LogP contribution is 2.27. The molecule has 4 aromatic carbocycles. The van der Waals surface area contributed by atoms with Crippen LogP contribution in [0.25, 0.3) is 22.5 Å². The Labute approximate surface area is 245 Å². The maximum atomic E-state index is 13.8. The molecule has 0 spiro atoms. The highest BCUT2D eigenvalue weighted by atomic mass is 35.5. The van der Waals surface area contributed by atoms with Crippen LogP contribution in [0.4, 0.5) is 45.2 Å². The second-order valence-electron chi connectivity index (χ2n) is 9.14. The van der Waals surface area contributed by atoms with E-state index in [0.29, 0.717) is 28.0 Å². The third kappa shape index (κ3) is 6.57. The number of aromatic nitrogens is 5. The molecule has 0 aliphatic heterocycles. The average Bonchev–Trinajstić information content (AvgIpc) is 2.98. The minimum Gasteiger partial charge on any atom is -0.368 e. The smallest absolute Gasteiger partial charge is 0.233 e. The summed E-state index contributed by atoms with van der Waals surface area (Å²) in [6, 6.07) is 32.4. The fourth-order valence-electron chi connectivity index (χ4n) is 4.13. The number of halogens is 2. The van der Waals surface area contributed by atoms with Gasteiger partial charge in [-0.25, -0.2) is 14.4 Å². The summed E-state index contributed by atoms with van der Waals surface area (Å²) in [6.07, 6.45) is 0. The molecular formula is C31H23ClFN9. The van der Waals surface area contributed by atoms with Crippen molar-refractivity contribution in [3.8, 4) is 22.5 Å². The molecule has 5 N–H and O–H groups in total. The summed E-state index contributed by atoms with van der Waals surface area (Å²) in [7, 11) is 0. The van der Waals surface area contributed by atoms with Gasteiger partial charge in [0.05, 0.1) is 11.4 Å². The van der Waals surface area contributed by atoms with Crippen LogP contribution < -0.4 is 21.7 Å². The van der Waals surface area contributed by atoms with Gasteiger partial charge in [-0.3, -0.25) is 0 Å². The zero-order valence-corrected chi connectivity index (χ0v) is 22.7. The number of para-hydroxylation sites is 1. The first-order chi connectivity index (χ1) is 20.5. The average molecular weight is 576 g/mol. The summed E-state index contributed by atoms with van der Waals surface area (Å²) in [5, 5.41) is 10.1. The van der Waals surface area contributed by atoms with Gasteiger partial charge in [0.25, 0.3) is 0 Å². The lowest BCUT2D eigenvalue weighted by Crippen LogP contribution is -2.07. The van der Waals surface area contributed by atoms with Crippen molar-refractivity contribution in [3.63, 3.8) is 0 Å². The van der Waals surface area contributed by atoms with E-state index in [-0.39, 0.29) is 23.7 Å². The Morgan fingerprint density at radius 1 is 0.524 bits per heavy atom. The molecule has 0 aliphatic carbocycles. The van der Waals surface area contributed by atoms with Crippen molar-refractivity contribution in [1.82, 2.24) is 24.9 Å². The highest BCUT2D eigenvalue weighted by Gasteiger charge is 2.11. The van der Waals surface area contributed by atoms with E-state index in [0.717, 1.165) is 22.5 Å². The van der Waals surface area contributed by atoms with Crippen molar-refractivity contribution in [2.75, 3.05) is 21.7 Å². The van der Waals surface area contributed by atoms with Crippen molar-refractivity contribution in [2.45, 2.75) is 0 Å². The van der Waals surface area contributed by atoms with E-state index in [1.165, 1.54) is 12.1 Å². The Bertz CT molecular complexity index is 1830. The van der Waals surface area contributed by atoms with Gasteiger partial charge in [-0.05, 0) is 60.7 Å². The Morgan fingerprint density at radius 2 is 1.02 bits per heavy atom. The Morgan fingerprint density at radius 3 is 1.60 bits per heavy atom. The van der Waals surface area contributed by atoms with Crippen LogP contribution in [0.2, 0.25) is 5.02 Å². The number of hydrogen-bond acceptors (Lipinski definition) is 9. The van der Waals surface area contributed by atoms with Crippen LogP contribution in [-0.4, -0.2) is 24.9 Å². The lowest BCUT2D eigenvalue weighted by Gasteiger charge is -2.12. The highest BCUT2D eigenvalue weighted by molar-refractivity contribution is 6.30. The molecule has 0 fully saturated rings. The molecule has 0 atom stereocenters. The molecule has 6 rings (SSSR count). The van der Waals surface area contributed by atoms with Crippen molar-refractivity contribution >= 4 is 52.5 Å². The standard InChI is InChI=1S/C31H23ClFN9/c32-21-13-9-19(10-14-21)26-18-27(39-28(34)38-26)20-11-15-24(16-12-20)36-30-40-29(35-23-6-2-1-3-7-23)41-31(42-30)37-25-8-4-5-22(33)17-25/h1-18H,(H2,34,38,39)(H3,35,36,37,40,41,42). The first kappa shape index (κ1) is 26.6. The van der Waals surface area contributed by atoms with E-state index < -0.39 is 0 Å². The number of benzene rings is 4. The minimum atomic E-state index is -0.374. The SMILES string of the molecule is Nc1nc(-c2ccc(Cl)cc2)cc(-c2ccc(Nc3nc(Nc4ccccc4)nc(Nc4cccc(F)c4)n3)cc2)n1. The van der Waals surface area contributed by atoms with Crippen LogP contribution in [0.15, 0.2) is 109 Å². The maximum absolute atomic E-state index is 13.8. The molecule has 11 heteroatoms. The van der Waals surface area contributed by atoms with Gasteiger partial charge in [0.15, 0.2) is 0 Å². The number of nitrogens with one attached hydrogen (secondary N) is 3. The summed E-state index contributed by atoms with van der Waals surface area (Å²) in [5.41, 5.74) is 11.2. The summed E-state index contributed by atoms with van der Waals surface area (Å²) in [4.78, 5) is 22.2. The molecule has 0 saturated heterocycles. The molecule has 206 valence electrons. The molecule has 0 unspecified atom stereocenters. The van der Waals surface area contributed by atoms with Crippen LogP contribution in [0.5, 0.6) is 0 Å². The van der Waals surface area contributed by atoms with Crippen molar-refractivity contribution in [2.24, 2.45) is 0 Å². The number of nitrogen functional groups attached to an aromatic ring is 1. The zero-order valence-electron chi connectivity index (χ0n) is 22.0. The number of hydrogen-bond donors (Lipinski definition) is 4. The van der Waals surface area contributed by atoms with E-state index in [1.807, 2.05) is 72.8 Å². The molecule has 0 amide bonds. The maximum Gasteiger partial charge on any atom is 0.233 e. The predicted molar refractivity (Wildman–Crippen MR) is 165 cm³/mol. The second kappa shape index (κ2) is 11.9. The number of nitrogens with zero attached hydrogens (tertiary/aromatic N) is 5. The molecule has 2 heterocycles. The number of anilines is 7. The van der Waals surface area contributed by atoms with Crippen molar-refractivity contribution in [3.05, 3.63) is 120 Å². The van der Waals surface area contributed by atoms with Crippen LogP contribution in [-0.2, 0) is 0 Å². The first-order valence-corrected chi connectivity index (χ1v) is 13.2. The Balaban J connectivity index is 1.26. The van der Waals surface area contributed by atoms with Crippen LogP contribution in [0, 0.1) is 5.82 Å². The zero-order chi connectivity index (χ0) is 28.9. The third-order valence-corrected chi connectivity index (χ3v) is 6.32. The molecule has 9 nitrogen and oxygen atoms in total. The lowest BCUT2D eigenvalue weighted by molar-refractivity contribution is 0.628. The number of rotatable bonds is 8. The first-order valence-electron chi connectivity index (χ1n) is 12.9. The minimum absolute atomic E-state index is 0.168. The van der Waals surface area contributed by atoms with E-state index in [4.69, 9.17) is 17.3 Å². The van der Waals surface area contributed by atoms with Crippen LogP contribution in [0.3, 0.4) is 0 Å². The van der Waals surface area contributed by atoms with Gasteiger partial charge in [-0.1, -0.05) is 60.1 Å². The van der Waals surface area contributed by atoms with E-state index in [2.05, 4.69) is 40.9 Å². The van der Waals surface area contributed by atoms with Gasteiger partial charge < -0.3 is 21.7 Å². The summed E-state index contributed by atoms with van der Waals surface area (Å²) in [5.74, 6) is 0.619. The Kier molecular flexibility index (Phi) is 7.52. The van der Waals surface area contributed by atoms with Gasteiger partial charge in [-0.15, -0.1) is 0 Å². The fraction of sp³-hybridized carbons (Fsp3) is 0. The molecule has 0 aliphatic rings. The lowest BCUT2D eigenvalue weighted by atomic mass is 10.1. The van der Waals surface area contributed by atoms with Crippen LogP contribution in [0.1, 0.15) is 0 Å². The topological polar surface area (TPSA) is 127 Å². The fourth-order valence-corrected chi connectivity index (χ4v) is 4.25. The molecule has 6 aromatic rings. The molecule has 2 aromatic heterocycles. The van der Waals surface area contributed by atoms with E-state index >= 15 is 0 Å². The van der Waals surface area contributed by atoms with Gasteiger partial charge >= 0.3 is 0 Å². The largest absolute Gasteiger partial charge is 0.368 e. The van der Waals surface area contributed by atoms with Gasteiger partial charge in [-0.2, -0.15) is 15.0 Å². The normalized spacial score (nSPS) is 10.7. The summed E-state index contributed by atoms with van der Waals surface area (Å²) in [6.45, 7) is 0. The summed E-state index contributed by atoms with van der Waals surface area (Å²) < 4.78 is 13.8. The monoisotopic (exact) mass is 575 g/mol. The Hall–Kier alpha value is -5.61. The van der Waals surface area contributed by atoms with Gasteiger partial charge in [0.1, 0.15) is 5.82 Å².